The molecule has 0 atom stereocenters. The van der Waals surface area contributed by atoms with E-state index in [2.05, 4.69) is 4.90 Å². The van der Waals surface area contributed by atoms with Crippen LogP contribution in [0.5, 0.6) is 5.75 Å². The first kappa shape index (κ1) is 16.1. The summed E-state index contributed by atoms with van der Waals surface area (Å²) in [6.45, 7) is 3.81. The topological polar surface area (TPSA) is 77.8 Å². The summed E-state index contributed by atoms with van der Waals surface area (Å²) in [6, 6.07) is 9.49. The van der Waals surface area contributed by atoms with Crippen molar-refractivity contribution in [3.8, 4) is 5.75 Å². The molecule has 2 aromatic carbocycles. The van der Waals surface area contributed by atoms with Gasteiger partial charge in [-0.1, -0.05) is 18.2 Å². The molecule has 124 valence electrons. The molecule has 0 saturated heterocycles. The summed E-state index contributed by atoms with van der Waals surface area (Å²) in [5.74, 6) is -1.66. The third kappa shape index (κ3) is 2.62. The van der Waals surface area contributed by atoms with Crippen molar-refractivity contribution in [1.82, 2.24) is 0 Å². The molecule has 0 aromatic heterocycles. The zero-order valence-corrected chi connectivity index (χ0v) is 13.5. The van der Waals surface area contributed by atoms with Crippen molar-refractivity contribution >= 4 is 17.4 Å². The number of hydrogen-bond donors (Lipinski definition) is 2. The number of anilines is 1. The third-order valence-corrected chi connectivity index (χ3v) is 4.48. The number of carbonyl (C=O) groups excluding carboxylic acids is 1. The first-order valence-corrected chi connectivity index (χ1v) is 8.01. The largest absolute Gasteiger partial charge is 0.507 e. The summed E-state index contributed by atoms with van der Waals surface area (Å²) in [5, 5.41) is 19.9. The number of carboxylic acids is 1. The average Bonchev–Trinajstić information content (AvgIpc) is 2.61. The highest BCUT2D eigenvalue weighted by atomic mass is 16.4. The highest BCUT2D eigenvalue weighted by Crippen LogP contribution is 2.37. The highest BCUT2D eigenvalue weighted by Gasteiger charge is 2.25. The Kier molecular flexibility index (Phi) is 4.25. The van der Waals surface area contributed by atoms with Crippen LogP contribution in [0.2, 0.25) is 0 Å². The van der Waals surface area contributed by atoms with Gasteiger partial charge in [0.25, 0.3) is 0 Å². The Morgan fingerprint density at radius 3 is 2.46 bits per heavy atom. The summed E-state index contributed by atoms with van der Waals surface area (Å²) in [6.07, 6.45) is 1.62. The lowest BCUT2D eigenvalue weighted by Crippen LogP contribution is -2.29. The summed E-state index contributed by atoms with van der Waals surface area (Å²) in [7, 11) is 0. The average molecular weight is 325 g/mol. The maximum atomic E-state index is 12.8. The maximum absolute atomic E-state index is 12.8. The number of aromatic hydroxyl groups is 1. The van der Waals surface area contributed by atoms with Crippen LogP contribution in [0, 0.1) is 0 Å². The van der Waals surface area contributed by atoms with Gasteiger partial charge < -0.3 is 15.1 Å². The summed E-state index contributed by atoms with van der Waals surface area (Å²) >= 11 is 0. The predicted molar refractivity (Wildman–Crippen MR) is 91.1 cm³/mol. The molecule has 3 rings (SSSR count). The minimum absolute atomic E-state index is 0.0316. The lowest BCUT2D eigenvalue weighted by Gasteiger charge is -2.31. The summed E-state index contributed by atoms with van der Waals surface area (Å²) in [5.41, 5.74) is 1.89. The molecule has 24 heavy (non-hydrogen) atoms. The number of aromatic carboxylic acids is 1. The van der Waals surface area contributed by atoms with Crippen molar-refractivity contribution in [2.24, 2.45) is 0 Å². The molecule has 0 bridgehead atoms. The van der Waals surface area contributed by atoms with E-state index in [9.17, 15) is 19.8 Å². The van der Waals surface area contributed by atoms with E-state index in [1.807, 2.05) is 13.0 Å². The lowest BCUT2D eigenvalue weighted by molar-refractivity contribution is 0.0692. The van der Waals surface area contributed by atoms with Gasteiger partial charge in [-0.2, -0.15) is 0 Å². The van der Waals surface area contributed by atoms with E-state index in [1.165, 1.54) is 12.1 Å². The van der Waals surface area contributed by atoms with Crippen LogP contribution in [0.15, 0.2) is 36.4 Å². The Morgan fingerprint density at radius 1 is 1.08 bits per heavy atom. The monoisotopic (exact) mass is 325 g/mol. The van der Waals surface area contributed by atoms with E-state index in [1.54, 1.807) is 18.2 Å². The number of carbonyl (C=O) groups is 2. The van der Waals surface area contributed by atoms with Gasteiger partial charge in [-0.25, -0.2) is 4.79 Å². The number of phenols is 1. The van der Waals surface area contributed by atoms with Gasteiger partial charge in [-0.3, -0.25) is 4.79 Å². The van der Waals surface area contributed by atoms with E-state index >= 15 is 0 Å². The fraction of sp³-hybridized carbons (Fsp3) is 0.263. The van der Waals surface area contributed by atoms with Gasteiger partial charge in [-0.05, 0) is 38.0 Å². The number of benzene rings is 2. The molecule has 0 radical (unpaired) electrons. The highest BCUT2D eigenvalue weighted by molar-refractivity contribution is 6.15. The van der Waals surface area contributed by atoms with Crippen LogP contribution < -0.4 is 4.90 Å². The van der Waals surface area contributed by atoms with Crippen molar-refractivity contribution in [3.63, 3.8) is 0 Å². The molecular weight excluding hydrogens is 306 g/mol. The smallest absolute Gasteiger partial charge is 0.336 e. The number of phenolic OH excluding ortho intramolecular Hbond substituents is 1. The Balaban J connectivity index is 2.08. The van der Waals surface area contributed by atoms with Crippen molar-refractivity contribution in [1.29, 1.82) is 0 Å². The molecule has 0 spiro atoms. The lowest BCUT2D eigenvalue weighted by atomic mass is 9.92. The van der Waals surface area contributed by atoms with Crippen LogP contribution in [0.4, 0.5) is 5.69 Å². The molecule has 2 N–H and O–H groups in total. The van der Waals surface area contributed by atoms with E-state index in [4.69, 9.17) is 0 Å². The molecule has 1 heterocycles. The van der Waals surface area contributed by atoms with E-state index in [0.29, 0.717) is 6.42 Å². The normalized spacial score (nSPS) is 13.5. The van der Waals surface area contributed by atoms with Crippen molar-refractivity contribution in [2.75, 3.05) is 18.0 Å². The van der Waals surface area contributed by atoms with E-state index in [-0.39, 0.29) is 22.4 Å². The minimum Gasteiger partial charge on any atom is -0.507 e. The SMILES string of the molecule is CCN1CCCc2c1ccc(C(=O)c1ccccc1C(=O)O)c2O. The molecule has 2 aromatic rings. The van der Waals surface area contributed by atoms with Crippen LogP contribution in [-0.4, -0.2) is 35.1 Å². The zero-order chi connectivity index (χ0) is 17.3. The van der Waals surface area contributed by atoms with Gasteiger partial charge >= 0.3 is 5.97 Å². The van der Waals surface area contributed by atoms with Gasteiger partial charge in [0.15, 0.2) is 5.78 Å². The maximum Gasteiger partial charge on any atom is 0.336 e. The summed E-state index contributed by atoms with van der Waals surface area (Å²) in [4.78, 5) is 26.3. The zero-order valence-electron chi connectivity index (χ0n) is 13.5. The standard InChI is InChI=1S/C19H19NO4/c1-2-20-11-5-8-14-16(20)10-9-15(18(14)22)17(21)12-6-3-4-7-13(12)19(23)24/h3-4,6-7,9-10,22H,2,5,8,11H2,1H3,(H,23,24). The fourth-order valence-corrected chi connectivity index (χ4v) is 3.26. The van der Waals surface area contributed by atoms with Crippen LogP contribution in [-0.2, 0) is 6.42 Å². The van der Waals surface area contributed by atoms with E-state index in [0.717, 1.165) is 30.8 Å². The second kappa shape index (κ2) is 6.35. The molecule has 1 aliphatic rings. The molecular formula is C19H19NO4. The number of hydrogen-bond acceptors (Lipinski definition) is 4. The second-order valence-electron chi connectivity index (χ2n) is 5.82. The Morgan fingerprint density at radius 2 is 1.79 bits per heavy atom. The number of carboxylic acid groups (broad SMARTS) is 1. The predicted octanol–water partition coefficient (Wildman–Crippen LogP) is 3.09. The number of fused-ring (bicyclic) bond motifs is 1. The molecule has 0 saturated carbocycles. The number of nitrogens with zero attached hydrogens (tertiary/aromatic N) is 1. The van der Waals surface area contributed by atoms with Crippen LogP contribution >= 0.6 is 0 Å². The van der Waals surface area contributed by atoms with Gasteiger partial charge in [0, 0.05) is 29.9 Å². The van der Waals surface area contributed by atoms with Crippen LogP contribution in [0.1, 0.15) is 45.2 Å². The Bertz CT molecular complexity index is 813. The van der Waals surface area contributed by atoms with Crippen molar-refractivity contribution in [3.05, 3.63) is 58.7 Å². The van der Waals surface area contributed by atoms with Crippen LogP contribution in [0.25, 0.3) is 0 Å². The summed E-state index contributed by atoms with van der Waals surface area (Å²) < 4.78 is 0. The quantitative estimate of drug-likeness (QED) is 0.845. The van der Waals surface area contributed by atoms with Crippen molar-refractivity contribution in [2.45, 2.75) is 19.8 Å². The molecule has 0 aliphatic carbocycles. The molecule has 0 amide bonds. The molecule has 0 fully saturated rings. The Labute approximate surface area is 140 Å². The van der Waals surface area contributed by atoms with Crippen molar-refractivity contribution < 1.29 is 19.8 Å². The Hall–Kier alpha value is -2.82. The molecule has 1 aliphatic heterocycles. The minimum atomic E-state index is -1.16. The number of rotatable bonds is 4. The number of ketones is 1. The van der Waals surface area contributed by atoms with Crippen LogP contribution in [0.3, 0.4) is 0 Å². The molecule has 0 unspecified atom stereocenters. The van der Waals surface area contributed by atoms with Gasteiger partial charge in [0.1, 0.15) is 5.75 Å². The second-order valence-corrected chi connectivity index (χ2v) is 5.82. The third-order valence-electron chi connectivity index (χ3n) is 4.48. The van der Waals surface area contributed by atoms with Gasteiger partial charge in [0.05, 0.1) is 11.1 Å². The first-order chi connectivity index (χ1) is 11.5. The molecule has 5 heteroatoms. The first-order valence-electron chi connectivity index (χ1n) is 8.01. The van der Waals surface area contributed by atoms with Gasteiger partial charge in [0.2, 0.25) is 0 Å². The molecule has 5 nitrogen and oxygen atoms in total. The van der Waals surface area contributed by atoms with Gasteiger partial charge in [-0.15, -0.1) is 0 Å². The fourth-order valence-electron chi connectivity index (χ4n) is 3.26. The van der Waals surface area contributed by atoms with E-state index < -0.39 is 11.8 Å².